The summed E-state index contributed by atoms with van der Waals surface area (Å²) in [5.74, 6) is -0.510. The molecule has 2 rings (SSSR count). The number of carbonyl (C=O) groups is 1. The third kappa shape index (κ3) is 2.36. The molecule has 1 aliphatic carbocycles. The number of rotatable bonds is 2. The lowest BCUT2D eigenvalue weighted by molar-refractivity contribution is -0.162. The number of likely N-dealkylation sites (N-methyl/N-ethyl adjacent to an activating group) is 1. The summed E-state index contributed by atoms with van der Waals surface area (Å²) in [6.45, 7) is 0. The van der Waals surface area contributed by atoms with Crippen LogP contribution in [-0.4, -0.2) is 25.1 Å². The lowest BCUT2D eigenvalue weighted by Gasteiger charge is -2.11. The highest BCUT2D eigenvalue weighted by Gasteiger charge is 2.18. The van der Waals surface area contributed by atoms with Gasteiger partial charge in [0.1, 0.15) is 5.82 Å². The second kappa shape index (κ2) is 4.67. The SMILES string of the molecule is CON(C)C(=O)/C=C1\CCc2ccc(F)cc21. The van der Waals surface area contributed by atoms with Crippen molar-refractivity contribution in [3.05, 3.63) is 41.2 Å². The number of hydrogen-bond donors (Lipinski definition) is 0. The lowest BCUT2D eigenvalue weighted by Crippen LogP contribution is -2.23. The molecule has 0 bridgehead atoms. The second-order valence-corrected chi connectivity index (χ2v) is 3.99. The van der Waals surface area contributed by atoms with E-state index in [2.05, 4.69) is 0 Å². The van der Waals surface area contributed by atoms with E-state index in [1.54, 1.807) is 13.1 Å². The number of hydrogen-bond acceptors (Lipinski definition) is 2. The summed E-state index contributed by atoms with van der Waals surface area (Å²) in [6.07, 6.45) is 3.13. The van der Waals surface area contributed by atoms with Crippen molar-refractivity contribution in [1.29, 1.82) is 0 Å². The molecule has 0 saturated carbocycles. The Hall–Kier alpha value is -1.68. The smallest absolute Gasteiger partial charge is 0.270 e. The molecule has 0 heterocycles. The van der Waals surface area contributed by atoms with Gasteiger partial charge in [-0.15, -0.1) is 0 Å². The standard InChI is InChI=1S/C13H14FNO2/c1-15(17-2)13(16)7-10-4-3-9-5-6-11(14)8-12(9)10/h5-8H,3-4H2,1-2H3/b10-7+. The van der Waals surface area contributed by atoms with E-state index in [0.717, 1.165) is 34.6 Å². The zero-order valence-corrected chi connectivity index (χ0v) is 9.87. The second-order valence-electron chi connectivity index (χ2n) is 3.99. The molecule has 0 aromatic heterocycles. The summed E-state index contributed by atoms with van der Waals surface area (Å²) in [5.41, 5.74) is 2.79. The van der Waals surface area contributed by atoms with Crippen molar-refractivity contribution in [2.75, 3.05) is 14.2 Å². The van der Waals surface area contributed by atoms with Crippen LogP contribution in [0.25, 0.3) is 5.57 Å². The Morgan fingerprint density at radius 2 is 2.24 bits per heavy atom. The molecule has 0 radical (unpaired) electrons. The van der Waals surface area contributed by atoms with Crippen molar-refractivity contribution in [2.45, 2.75) is 12.8 Å². The van der Waals surface area contributed by atoms with E-state index in [9.17, 15) is 9.18 Å². The van der Waals surface area contributed by atoms with Gasteiger partial charge in [0.05, 0.1) is 7.11 Å². The topological polar surface area (TPSA) is 29.5 Å². The quantitative estimate of drug-likeness (QED) is 0.581. The fourth-order valence-electron chi connectivity index (χ4n) is 1.95. The monoisotopic (exact) mass is 235 g/mol. The van der Waals surface area contributed by atoms with Gasteiger partial charge in [-0.25, -0.2) is 9.45 Å². The van der Waals surface area contributed by atoms with Gasteiger partial charge >= 0.3 is 0 Å². The minimum atomic E-state index is -0.274. The summed E-state index contributed by atoms with van der Waals surface area (Å²) in [4.78, 5) is 16.5. The zero-order chi connectivity index (χ0) is 12.4. The van der Waals surface area contributed by atoms with Crippen molar-refractivity contribution in [3.63, 3.8) is 0 Å². The molecular formula is C13H14FNO2. The first-order chi connectivity index (χ1) is 8.11. The number of carbonyl (C=O) groups excluding carboxylic acids is 1. The molecule has 0 fully saturated rings. The average molecular weight is 235 g/mol. The average Bonchev–Trinajstić information content (AvgIpc) is 2.71. The Balaban J connectivity index is 2.30. The molecule has 0 saturated heterocycles. The Labute approximate surface area is 99.4 Å². The highest BCUT2D eigenvalue weighted by molar-refractivity contribution is 5.95. The van der Waals surface area contributed by atoms with Crippen molar-refractivity contribution >= 4 is 11.5 Å². The van der Waals surface area contributed by atoms with Gasteiger partial charge < -0.3 is 0 Å². The Morgan fingerprint density at radius 3 is 2.94 bits per heavy atom. The normalized spacial score (nSPS) is 16.1. The predicted molar refractivity (Wildman–Crippen MR) is 62.5 cm³/mol. The Kier molecular flexibility index (Phi) is 3.24. The minimum absolute atomic E-state index is 0.236. The van der Waals surface area contributed by atoms with E-state index in [1.165, 1.54) is 25.3 Å². The number of fused-ring (bicyclic) bond motifs is 1. The van der Waals surface area contributed by atoms with Crippen LogP contribution in [0.15, 0.2) is 24.3 Å². The number of benzene rings is 1. The highest BCUT2D eigenvalue weighted by atomic mass is 19.1. The number of hydroxylamine groups is 2. The minimum Gasteiger partial charge on any atom is -0.274 e. The third-order valence-electron chi connectivity index (χ3n) is 2.96. The fourth-order valence-corrected chi connectivity index (χ4v) is 1.95. The van der Waals surface area contributed by atoms with Crippen LogP contribution in [0.5, 0.6) is 0 Å². The molecule has 0 spiro atoms. The van der Waals surface area contributed by atoms with Crippen LogP contribution in [0, 0.1) is 5.82 Å². The van der Waals surface area contributed by atoms with E-state index in [4.69, 9.17) is 4.84 Å². The molecule has 1 aromatic rings. The lowest BCUT2D eigenvalue weighted by atomic mass is 10.1. The molecule has 1 aromatic carbocycles. The summed E-state index contributed by atoms with van der Waals surface area (Å²) in [5, 5.41) is 1.14. The maximum atomic E-state index is 13.2. The Morgan fingerprint density at radius 1 is 1.47 bits per heavy atom. The maximum absolute atomic E-state index is 13.2. The Bertz CT molecular complexity index is 482. The van der Waals surface area contributed by atoms with Crippen molar-refractivity contribution in [3.8, 4) is 0 Å². The van der Waals surface area contributed by atoms with Gasteiger partial charge in [0, 0.05) is 13.1 Å². The molecule has 0 atom stereocenters. The van der Waals surface area contributed by atoms with E-state index in [1.807, 2.05) is 0 Å². The molecular weight excluding hydrogens is 221 g/mol. The van der Waals surface area contributed by atoms with E-state index in [0.29, 0.717) is 0 Å². The number of allylic oxidation sites excluding steroid dienone is 1. The summed E-state index contributed by atoms with van der Waals surface area (Å²) in [6, 6.07) is 4.70. The molecule has 17 heavy (non-hydrogen) atoms. The first kappa shape index (κ1) is 11.8. The predicted octanol–water partition coefficient (Wildman–Crippen LogP) is 2.18. The highest BCUT2D eigenvalue weighted by Crippen LogP contribution is 2.32. The van der Waals surface area contributed by atoms with Gasteiger partial charge in [-0.3, -0.25) is 9.63 Å². The first-order valence-corrected chi connectivity index (χ1v) is 5.43. The molecule has 1 amide bonds. The molecule has 0 unspecified atom stereocenters. The van der Waals surface area contributed by atoms with E-state index < -0.39 is 0 Å². The number of halogens is 1. The maximum Gasteiger partial charge on any atom is 0.270 e. The van der Waals surface area contributed by atoms with Gasteiger partial charge in [-0.2, -0.15) is 0 Å². The number of aryl methyl sites for hydroxylation is 1. The van der Waals surface area contributed by atoms with Gasteiger partial charge in [0.2, 0.25) is 0 Å². The van der Waals surface area contributed by atoms with Crippen LogP contribution in [0.1, 0.15) is 17.5 Å². The van der Waals surface area contributed by atoms with Gasteiger partial charge in [-0.1, -0.05) is 6.07 Å². The van der Waals surface area contributed by atoms with Crippen LogP contribution >= 0.6 is 0 Å². The van der Waals surface area contributed by atoms with Crippen LogP contribution in [0.4, 0.5) is 4.39 Å². The zero-order valence-electron chi connectivity index (χ0n) is 9.87. The summed E-state index contributed by atoms with van der Waals surface area (Å²) < 4.78 is 13.2. The summed E-state index contributed by atoms with van der Waals surface area (Å²) in [7, 11) is 2.97. The van der Waals surface area contributed by atoms with Gasteiger partial charge in [-0.05, 0) is 41.7 Å². The summed E-state index contributed by atoms with van der Waals surface area (Å²) >= 11 is 0. The van der Waals surface area contributed by atoms with Crippen LogP contribution in [-0.2, 0) is 16.1 Å². The molecule has 3 nitrogen and oxygen atoms in total. The van der Waals surface area contributed by atoms with Crippen molar-refractivity contribution < 1.29 is 14.0 Å². The van der Waals surface area contributed by atoms with Crippen molar-refractivity contribution in [1.82, 2.24) is 5.06 Å². The molecule has 0 N–H and O–H groups in total. The van der Waals surface area contributed by atoms with E-state index in [-0.39, 0.29) is 11.7 Å². The third-order valence-corrected chi connectivity index (χ3v) is 2.96. The van der Waals surface area contributed by atoms with Crippen LogP contribution in [0.2, 0.25) is 0 Å². The molecule has 0 aliphatic heterocycles. The largest absolute Gasteiger partial charge is 0.274 e. The molecule has 1 aliphatic rings. The fraction of sp³-hybridized carbons (Fsp3) is 0.308. The van der Waals surface area contributed by atoms with Crippen molar-refractivity contribution in [2.24, 2.45) is 0 Å². The number of nitrogens with zero attached hydrogens (tertiary/aromatic N) is 1. The van der Waals surface area contributed by atoms with E-state index >= 15 is 0 Å². The van der Waals surface area contributed by atoms with Gasteiger partial charge in [0.25, 0.3) is 5.91 Å². The van der Waals surface area contributed by atoms with Crippen LogP contribution < -0.4 is 0 Å². The number of amides is 1. The molecule has 4 heteroatoms. The van der Waals surface area contributed by atoms with Crippen LogP contribution in [0.3, 0.4) is 0 Å². The van der Waals surface area contributed by atoms with Gasteiger partial charge in [0.15, 0.2) is 0 Å². The first-order valence-electron chi connectivity index (χ1n) is 5.43. The molecule has 90 valence electrons.